The highest BCUT2D eigenvalue weighted by atomic mass is 16.3. The van der Waals surface area contributed by atoms with Gasteiger partial charge in [0.15, 0.2) is 23.3 Å². The van der Waals surface area contributed by atoms with Crippen molar-refractivity contribution in [2.24, 2.45) is 39.9 Å². The minimum Gasteiger partial charge on any atom is -0.393 e. The number of H-pyrrole nitrogens is 1. The van der Waals surface area contributed by atoms with E-state index in [0.29, 0.717) is 18.5 Å². The number of likely N-dealkylation sites (tertiary alicyclic amines) is 1. The summed E-state index contributed by atoms with van der Waals surface area (Å²) < 4.78 is 0. The number of hydrogen-bond donors (Lipinski definition) is 12. The first-order valence-electron chi connectivity index (χ1n) is 25.3. The number of nitrogens with two attached hydrogens (primary N) is 3. The number of para-hydroxylation sites is 1. The van der Waals surface area contributed by atoms with E-state index < -0.39 is 132 Å². The molecule has 1 saturated heterocycles. The van der Waals surface area contributed by atoms with Crippen molar-refractivity contribution in [2.75, 3.05) is 26.7 Å². The molecule has 2 aromatic carbocycles. The van der Waals surface area contributed by atoms with Crippen LogP contribution in [0.15, 0.2) is 65.8 Å². The fourth-order valence-electron chi connectivity index (χ4n) is 8.97. The Hall–Kier alpha value is -7.73. The van der Waals surface area contributed by atoms with Gasteiger partial charge < -0.3 is 69.2 Å². The molecule has 9 atom stereocenters. The third-order valence-corrected chi connectivity index (χ3v) is 13.1. The minimum absolute atomic E-state index is 0.0709. The number of ketones is 3. The van der Waals surface area contributed by atoms with Crippen molar-refractivity contribution in [1.82, 2.24) is 41.8 Å². The topological polar surface area (TPSA) is 393 Å². The van der Waals surface area contributed by atoms with Crippen LogP contribution < -0.4 is 49.1 Å². The maximum absolute atomic E-state index is 14.2. The molecule has 15 N–H and O–H groups in total. The van der Waals surface area contributed by atoms with Gasteiger partial charge in [-0.1, -0.05) is 62.4 Å². The van der Waals surface area contributed by atoms with Crippen LogP contribution in [0.5, 0.6) is 0 Å². The highest BCUT2D eigenvalue weighted by Gasteiger charge is 2.40. The van der Waals surface area contributed by atoms with Crippen LogP contribution in [0.2, 0.25) is 0 Å². The van der Waals surface area contributed by atoms with E-state index in [2.05, 4.69) is 41.9 Å². The number of aliphatic hydroxyl groups excluding tert-OH is 2. The Kier molecular flexibility index (Phi) is 23.5. The van der Waals surface area contributed by atoms with Crippen molar-refractivity contribution in [2.45, 2.75) is 128 Å². The average Bonchev–Trinajstić information content (AvgIpc) is 3.97. The second-order valence-corrected chi connectivity index (χ2v) is 19.6. The summed E-state index contributed by atoms with van der Waals surface area (Å²) in [5, 5.41) is 37.5. The van der Waals surface area contributed by atoms with Gasteiger partial charge in [0.25, 0.3) is 0 Å². The zero-order valence-corrected chi connectivity index (χ0v) is 43.6. The van der Waals surface area contributed by atoms with E-state index in [4.69, 9.17) is 17.2 Å². The van der Waals surface area contributed by atoms with E-state index in [1.165, 1.54) is 20.9 Å². The van der Waals surface area contributed by atoms with Crippen molar-refractivity contribution in [3.8, 4) is 0 Å². The third-order valence-electron chi connectivity index (χ3n) is 13.1. The summed E-state index contributed by atoms with van der Waals surface area (Å²) in [6.07, 6.45) is -2.08. The lowest BCUT2D eigenvalue weighted by Crippen LogP contribution is -2.54. The number of rotatable bonds is 30. The van der Waals surface area contributed by atoms with E-state index in [0.717, 1.165) is 21.4 Å². The number of aromatic nitrogens is 1. The van der Waals surface area contributed by atoms with Gasteiger partial charge in [-0.15, -0.1) is 0 Å². The first kappa shape index (κ1) is 60.8. The Morgan fingerprint density at radius 2 is 1.42 bits per heavy atom. The van der Waals surface area contributed by atoms with Crippen LogP contribution in [0.3, 0.4) is 0 Å². The highest BCUT2D eigenvalue weighted by Crippen LogP contribution is 2.23. The predicted octanol–water partition coefficient (Wildman–Crippen LogP) is -1.12. The first-order chi connectivity index (χ1) is 36.0. The number of aliphatic hydroxyl groups is 2. The number of nitrogens with one attached hydrogen (secondary N) is 7. The molecule has 4 rings (SSSR count). The molecule has 3 aromatic rings. The number of hydrogen-bond acceptors (Lipinski definition) is 13. The quantitative estimate of drug-likeness (QED) is 0.0214. The minimum atomic E-state index is -1.58. The monoisotopic (exact) mass is 1060 g/mol. The average molecular weight is 1060 g/mol. The van der Waals surface area contributed by atoms with Gasteiger partial charge in [0.05, 0.1) is 49.2 Å². The number of Topliss-reactive ketones (excluding diaryl/α,β-unsaturated/α-hetero) is 3. The molecule has 0 saturated carbocycles. The molecular formula is C52H74N12O12. The van der Waals surface area contributed by atoms with Gasteiger partial charge in [0.2, 0.25) is 35.4 Å². The fourth-order valence-corrected chi connectivity index (χ4v) is 8.97. The molecule has 1 fully saturated rings. The van der Waals surface area contributed by atoms with Crippen LogP contribution in [0, 0.1) is 17.8 Å². The van der Waals surface area contributed by atoms with Crippen molar-refractivity contribution in [1.29, 1.82) is 0 Å². The van der Waals surface area contributed by atoms with Crippen LogP contribution >= 0.6 is 0 Å². The summed E-state index contributed by atoms with van der Waals surface area (Å²) in [6, 6.07) is 8.67. The smallest absolute Gasteiger partial charge is 0.315 e. The Bertz CT molecular complexity index is 2570. The Morgan fingerprint density at radius 3 is 2.05 bits per heavy atom. The molecule has 76 heavy (non-hydrogen) atoms. The number of guanidine groups is 1. The number of aromatic amines is 1. The number of aliphatic imine (C=N–C) groups is 1. The van der Waals surface area contributed by atoms with Crippen LogP contribution in [0.4, 0.5) is 4.79 Å². The molecule has 24 heteroatoms. The summed E-state index contributed by atoms with van der Waals surface area (Å²) in [5.74, 6) is -9.26. The Balaban J connectivity index is 1.47. The van der Waals surface area contributed by atoms with Gasteiger partial charge in [-0.2, -0.15) is 0 Å². The van der Waals surface area contributed by atoms with Gasteiger partial charge >= 0.3 is 6.03 Å². The molecule has 0 spiro atoms. The predicted molar refractivity (Wildman–Crippen MR) is 280 cm³/mol. The van der Waals surface area contributed by atoms with E-state index in [1.807, 2.05) is 38.1 Å². The van der Waals surface area contributed by atoms with E-state index in [1.54, 1.807) is 36.5 Å². The molecule has 24 nitrogen and oxygen atoms in total. The number of fused-ring (bicyclic) bond motifs is 1. The molecule has 2 heterocycles. The lowest BCUT2D eigenvalue weighted by atomic mass is 9.90. The van der Waals surface area contributed by atoms with Gasteiger partial charge in [-0.3, -0.25) is 48.1 Å². The van der Waals surface area contributed by atoms with Crippen molar-refractivity contribution >= 4 is 75.7 Å². The summed E-state index contributed by atoms with van der Waals surface area (Å²) >= 11 is 0. The molecule has 0 radical (unpaired) electrons. The van der Waals surface area contributed by atoms with Crippen LogP contribution in [0.25, 0.3) is 10.9 Å². The number of urea groups is 1. The molecule has 414 valence electrons. The molecule has 1 aliphatic heterocycles. The standard InChI is InChI=1S/C52H74N12O12/c1-28(2)18-38(43(68)21-32(14-11-17-57-51(55)56-5)48(73)62-41(47(54)72)20-33-25-58-37-16-10-9-15-35(33)37)63-52(76)59-26-45(70)39(19-31-12-7-6-8-13-31)60-49(74)36(29(3)65)23-44(69)40(24-46(53)71)61-50(75)42-22-34(67)27-64(42)30(4)66/h6-10,12-13,15-16,25,28-29,32,34,36,38-42,58,65,67H,11,14,17-24,26-27H2,1-5H3,(H2,53,71)(H2,54,72)(H,60,74)(H,61,75)(H,62,73)(H3,55,56,57)(H2,59,63,76)/t29-,32-,34-,36+,38+,39+,40+,41+,42+/m1/s1. The number of β-amino-alcohol motifs (C(OH)–C–C–N with tert-alkyl or cyclic N) is 1. The summed E-state index contributed by atoms with van der Waals surface area (Å²) in [6.45, 7) is 5.59. The van der Waals surface area contributed by atoms with Crippen molar-refractivity contribution in [3.05, 3.63) is 71.9 Å². The maximum atomic E-state index is 14.2. The van der Waals surface area contributed by atoms with Crippen LogP contribution in [-0.2, 0) is 56.0 Å². The number of primary amides is 2. The first-order valence-corrected chi connectivity index (χ1v) is 25.3. The largest absolute Gasteiger partial charge is 0.393 e. The molecule has 1 aliphatic rings. The summed E-state index contributed by atoms with van der Waals surface area (Å²) in [5.41, 5.74) is 19.1. The van der Waals surface area contributed by atoms with Gasteiger partial charge in [-0.05, 0) is 55.7 Å². The molecule has 0 bridgehead atoms. The molecule has 0 unspecified atom stereocenters. The van der Waals surface area contributed by atoms with E-state index in [9.17, 15) is 58.2 Å². The Morgan fingerprint density at radius 1 is 0.763 bits per heavy atom. The Labute approximate surface area is 440 Å². The second-order valence-electron chi connectivity index (χ2n) is 19.6. The van der Waals surface area contributed by atoms with E-state index in [-0.39, 0.29) is 56.9 Å². The normalized spacial score (nSPS) is 17.3. The number of carbonyl (C=O) groups excluding carboxylic acids is 10. The number of nitrogens with zero attached hydrogens (tertiary/aromatic N) is 2. The lowest BCUT2D eigenvalue weighted by Gasteiger charge is -2.27. The molecular weight excluding hydrogens is 985 g/mol. The lowest BCUT2D eigenvalue weighted by molar-refractivity contribution is -0.139. The van der Waals surface area contributed by atoms with Gasteiger partial charge in [-0.25, -0.2) is 4.79 Å². The van der Waals surface area contributed by atoms with Gasteiger partial charge in [0.1, 0.15) is 12.1 Å². The third kappa shape index (κ3) is 18.9. The summed E-state index contributed by atoms with van der Waals surface area (Å²) in [7, 11) is 1.50. The van der Waals surface area contributed by atoms with Crippen LogP contribution in [-0.4, -0.2) is 154 Å². The van der Waals surface area contributed by atoms with Crippen LogP contribution in [0.1, 0.15) is 83.8 Å². The highest BCUT2D eigenvalue weighted by molar-refractivity contribution is 5.99. The molecule has 0 aliphatic carbocycles. The van der Waals surface area contributed by atoms with Gasteiger partial charge in [0, 0.05) is 75.8 Å². The zero-order valence-electron chi connectivity index (χ0n) is 43.6. The maximum Gasteiger partial charge on any atom is 0.315 e. The number of benzene rings is 2. The van der Waals surface area contributed by atoms with Crippen molar-refractivity contribution < 1.29 is 58.2 Å². The number of carbonyl (C=O) groups is 10. The summed E-state index contributed by atoms with van der Waals surface area (Å²) in [4.78, 5) is 142. The zero-order chi connectivity index (χ0) is 56.2. The SMILES string of the molecule is CN=C(N)NCCC[C@H](CC(=O)[C@H](CC(C)C)NC(=O)NCC(=O)[C@H](Cc1ccccc1)NC(=O)[C@@H](CC(=O)[C@H](CC(N)=O)NC(=O)[C@@H]1C[C@@H](O)CN1C(C)=O)[C@@H](C)O)C(=O)N[C@@H](Cc1c[nH]c2ccccc12)C(N)=O. The van der Waals surface area contributed by atoms with E-state index >= 15 is 0 Å². The second kappa shape index (κ2) is 29.4. The fraction of sp³-hybridized carbons (Fsp3) is 0.519. The number of amides is 8. The van der Waals surface area contributed by atoms with Crippen molar-refractivity contribution in [3.63, 3.8) is 0 Å². The molecule has 8 amide bonds. The molecule has 1 aromatic heterocycles.